The second-order valence-corrected chi connectivity index (χ2v) is 7.26. The molecule has 8 heteroatoms. The Kier molecular flexibility index (Phi) is 4.48. The van der Waals surface area contributed by atoms with E-state index < -0.39 is 0 Å². The third-order valence-corrected chi connectivity index (χ3v) is 5.79. The molecule has 0 aliphatic carbocycles. The topological polar surface area (TPSA) is 78.9 Å². The maximum atomic E-state index is 5.96. The Labute approximate surface area is 171 Å². The number of hydrogen-bond donors (Lipinski definition) is 1. The smallest absolute Gasteiger partial charge is 0.191 e. The third kappa shape index (κ3) is 2.96. The summed E-state index contributed by atoms with van der Waals surface area (Å²) >= 11 is 1.35. The Balaban J connectivity index is 1.54. The number of rotatable bonds is 6. The van der Waals surface area contributed by atoms with Crippen LogP contribution in [0.25, 0.3) is 22.1 Å². The van der Waals surface area contributed by atoms with Crippen LogP contribution in [0.4, 0.5) is 5.82 Å². The molecule has 0 saturated heterocycles. The molecule has 5 rings (SSSR count). The van der Waals surface area contributed by atoms with E-state index in [-0.39, 0.29) is 0 Å². The number of nitrogens with one attached hydrogen (secondary N) is 1. The molecule has 4 aromatic rings. The van der Waals surface area contributed by atoms with Crippen LogP contribution in [0.5, 0.6) is 17.2 Å². The van der Waals surface area contributed by atoms with E-state index in [1.165, 1.54) is 11.9 Å². The minimum atomic E-state index is 0.592. The summed E-state index contributed by atoms with van der Waals surface area (Å²) in [6.45, 7) is 0.622. The van der Waals surface area contributed by atoms with Crippen molar-refractivity contribution in [2.45, 2.75) is 11.3 Å². The van der Waals surface area contributed by atoms with Gasteiger partial charge in [0, 0.05) is 17.5 Å². The van der Waals surface area contributed by atoms with Crippen LogP contribution in [-0.4, -0.2) is 26.0 Å². The van der Waals surface area contributed by atoms with Gasteiger partial charge in [-0.25, -0.2) is 0 Å². The molecular weight excluding hydrogens is 392 g/mol. The Bertz CT molecular complexity index is 1150. The SMILES string of the molecule is COc1cccc(OC)c1SNc1noc2cc(-c3ccoc3)c3c(c12)OCC3. The summed E-state index contributed by atoms with van der Waals surface area (Å²) in [5.41, 5.74) is 3.81. The average Bonchev–Trinajstić information content (AvgIpc) is 3.51. The maximum absolute atomic E-state index is 5.96. The Morgan fingerprint density at radius 1 is 1.14 bits per heavy atom. The molecule has 0 radical (unpaired) electrons. The summed E-state index contributed by atoms with van der Waals surface area (Å²) in [4.78, 5) is 0.821. The van der Waals surface area contributed by atoms with E-state index in [2.05, 4.69) is 9.88 Å². The van der Waals surface area contributed by atoms with E-state index in [1.807, 2.05) is 30.3 Å². The highest BCUT2D eigenvalue weighted by molar-refractivity contribution is 8.00. The highest BCUT2D eigenvalue weighted by atomic mass is 32.2. The maximum Gasteiger partial charge on any atom is 0.191 e. The minimum Gasteiger partial charge on any atom is -0.495 e. The molecule has 1 N–H and O–H groups in total. The predicted octanol–water partition coefficient (Wildman–Crippen LogP) is 5.16. The van der Waals surface area contributed by atoms with Gasteiger partial charge in [0.15, 0.2) is 11.4 Å². The van der Waals surface area contributed by atoms with Crippen LogP contribution < -0.4 is 18.9 Å². The van der Waals surface area contributed by atoms with Gasteiger partial charge in [0.2, 0.25) is 0 Å². The fourth-order valence-electron chi connectivity index (χ4n) is 3.54. The Morgan fingerprint density at radius 3 is 2.69 bits per heavy atom. The van der Waals surface area contributed by atoms with Crippen LogP contribution in [0.1, 0.15) is 5.56 Å². The molecule has 0 bridgehead atoms. The molecule has 29 heavy (non-hydrogen) atoms. The number of ether oxygens (including phenoxy) is 3. The molecule has 0 unspecified atom stereocenters. The van der Waals surface area contributed by atoms with Crippen molar-refractivity contribution in [3.63, 3.8) is 0 Å². The van der Waals surface area contributed by atoms with Gasteiger partial charge in [-0.2, -0.15) is 0 Å². The summed E-state index contributed by atoms with van der Waals surface area (Å²) < 4.78 is 31.0. The minimum absolute atomic E-state index is 0.592. The normalized spacial score (nSPS) is 12.6. The molecule has 2 aromatic carbocycles. The van der Waals surface area contributed by atoms with Gasteiger partial charge in [-0.15, -0.1) is 0 Å². The lowest BCUT2D eigenvalue weighted by atomic mass is 9.98. The number of aromatic nitrogens is 1. The number of anilines is 1. The number of fused-ring (bicyclic) bond motifs is 3. The van der Waals surface area contributed by atoms with E-state index in [0.29, 0.717) is 29.5 Å². The van der Waals surface area contributed by atoms with Gasteiger partial charge in [-0.05, 0) is 41.8 Å². The summed E-state index contributed by atoms with van der Waals surface area (Å²) in [5.74, 6) is 2.81. The fourth-order valence-corrected chi connectivity index (χ4v) is 4.38. The van der Waals surface area contributed by atoms with Crippen molar-refractivity contribution in [3.05, 3.63) is 48.4 Å². The lowest BCUT2D eigenvalue weighted by Gasteiger charge is -2.12. The molecule has 148 valence electrons. The standard InChI is InChI=1S/C21H18N2O5S/c1-24-15-4-3-5-16(25-2)20(15)29-23-21-18-17(28-22-21)10-14(12-6-8-26-11-12)13-7-9-27-19(13)18/h3-6,8,10-11H,7,9H2,1-2H3,(H,22,23). The van der Waals surface area contributed by atoms with Crippen LogP contribution in [0.15, 0.2) is 56.7 Å². The van der Waals surface area contributed by atoms with Crippen molar-refractivity contribution in [1.29, 1.82) is 0 Å². The molecule has 0 saturated carbocycles. The molecule has 1 aliphatic rings. The van der Waals surface area contributed by atoms with Crippen molar-refractivity contribution in [1.82, 2.24) is 5.16 Å². The molecule has 0 atom stereocenters. The first-order chi connectivity index (χ1) is 14.3. The molecule has 1 aliphatic heterocycles. The van der Waals surface area contributed by atoms with E-state index >= 15 is 0 Å². The lowest BCUT2D eigenvalue weighted by molar-refractivity contribution is 0.360. The number of hydrogen-bond acceptors (Lipinski definition) is 8. The molecule has 2 aromatic heterocycles. The number of furan rings is 1. The van der Waals surface area contributed by atoms with E-state index in [0.717, 1.165) is 39.1 Å². The van der Waals surface area contributed by atoms with Crippen LogP contribution in [-0.2, 0) is 6.42 Å². The molecule has 0 amide bonds. The summed E-state index contributed by atoms with van der Waals surface area (Å²) in [6, 6.07) is 9.56. The fraction of sp³-hybridized carbons (Fsp3) is 0.190. The quantitative estimate of drug-likeness (QED) is 0.437. The van der Waals surface area contributed by atoms with Crippen molar-refractivity contribution in [2.24, 2.45) is 0 Å². The summed E-state index contributed by atoms with van der Waals surface area (Å²) in [7, 11) is 3.25. The van der Waals surface area contributed by atoms with Gasteiger partial charge in [0.25, 0.3) is 0 Å². The van der Waals surface area contributed by atoms with E-state index in [4.69, 9.17) is 23.2 Å². The zero-order chi connectivity index (χ0) is 19.8. The van der Waals surface area contributed by atoms with Crippen molar-refractivity contribution < 1.29 is 23.2 Å². The molecular formula is C21H18N2O5S. The van der Waals surface area contributed by atoms with Crippen LogP contribution >= 0.6 is 11.9 Å². The molecule has 0 spiro atoms. The van der Waals surface area contributed by atoms with Gasteiger partial charge in [-0.3, -0.25) is 0 Å². The molecule has 0 fully saturated rings. The van der Waals surface area contributed by atoms with Crippen LogP contribution in [0, 0.1) is 0 Å². The van der Waals surface area contributed by atoms with Gasteiger partial charge in [0.1, 0.15) is 27.5 Å². The van der Waals surface area contributed by atoms with Crippen molar-refractivity contribution >= 4 is 28.7 Å². The summed E-state index contributed by atoms with van der Waals surface area (Å²) in [5, 5.41) is 5.05. The molecule has 3 heterocycles. The zero-order valence-electron chi connectivity index (χ0n) is 15.9. The number of nitrogens with zero attached hydrogens (tertiary/aromatic N) is 1. The van der Waals surface area contributed by atoms with Crippen molar-refractivity contribution in [3.8, 4) is 28.4 Å². The number of benzene rings is 2. The van der Waals surface area contributed by atoms with Crippen LogP contribution in [0.2, 0.25) is 0 Å². The van der Waals surface area contributed by atoms with Crippen molar-refractivity contribution in [2.75, 3.05) is 25.5 Å². The zero-order valence-corrected chi connectivity index (χ0v) is 16.7. The Morgan fingerprint density at radius 2 is 1.97 bits per heavy atom. The monoisotopic (exact) mass is 410 g/mol. The number of methoxy groups -OCH3 is 2. The second-order valence-electron chi connectivity index (χ2n) is 6.44. The largest absolute Gasteiger partial charge is 0.495 e. The first-order valence-corrected chi connectivity index (χ1v) is 9.86. The van der Waals surface area contributed by atoms with Crippen LogP contribution in [0.3, 0.4) is 0 Å². The van der Waals surface area contributed by atoms with Gasteiger partial charge < -0.3 is 27.9 Å². The van der Waals surface area contributed by atoms with Gasteiger partial charge >= 0.3 is 0 Å². The predicted molar refractivity (Wildman–Crippen MR) is 110 cm³/mol. The second kappa shape index (κ2) is 7.29. The Hall–Kier alpha value is -3.26. The summed E-state index contributed by atoms with van der Waals surface area (Å²) in [6.07, 6.45) is 4.20. The molecule has 7 nitrogen and oxygen atoms in total. The lowest BCUT2D eigenvalue weighted by Crippen LogP contribution is -1.95. The first-order valence-electron chi connectivity index (χ1n) is 9.04. The van der Waals surface area contributed by atoms with E-state index in [1.54, 1.807) is 26.7 Å². The highest BCUT2D eigenvalue weighted by Crippen LogP contribution is 2.46. The van der Waals surface area contributed by atoms with Gasteiger partial charge in [0.05, 0.1) is 33.4 Å². The van der Waals surface area contributed by atoms with Gasteiger partial charge in [-0.1, -0.05) is 11.2 Å². The first kappa shape index (κ1) is 17.8. The average molecular weight is 410 g/mol. The third-order valence-electron chi connectivity index (χ3n) is 4.88. The van der Waals surface area contributed by atoms with E-state index in [9.17, 15) is 0 Å². The highest BCUT2D eigenvalue weighted by Gasteiger charge is 2.26.